The predicted octanol–water partition coefficient (Wildman–Crippen LogP) is 1.88. The van der Waals surface area contributed by atoms with Gasteiger partial charge in [0, 0.05) is 43.3 Å². The lowest BCUT2D eigenvalue weighted by Gasteiger charge is -2.22. The molecule has 1 aromatic rings. The number of thioether (sulfide) groups is 1. The molecule has 20 heavy (non-hydrogen) atoms. The van der Waals surface area contributed by atoms with Crippen molar-refractivity contribution in [3.05, 3.63) is 18.0 Å². The van der Waals surface area contributed by atoms with Gasteiger partial charge in [-0.25, -0.2) is 8.42 Å². The van der Waals surface area contributed by atoms with Crippen LogP contribution in [0.2, 0.25) is 0 Å². The van der Waals surface area contributed by atoms with Crippen molar-refractivity contribution in [1.29, 1.82) is 0 Å². The van der Waals surface area contributed by atoms with Crippen LogP contribution in [0.5, 0.6) is 0 Å². The van der Waals surface area contributed by atoms with E-state index in [1.807, 2.05) is 13.2 Å². The van der Waals surface area contributed by atoms with Gasteiger partial charge in [0.05, 0.1) is 4.90 Å². The standard InChI is InChI=1S/C13H25N3O2S2/c1-10(2)14-7-12-6-13(8-15-12)20(17,18)16(4)11(3)9-19-5/h6,8,10-11,14-15H,7,9H2,1-5H3. The minimum absolute atomic E-state index is 0.0258. The lowest BCUT2D eigenvalue weighted by atomic mass is 10.3. The highest BCUT2D eigenvalue weighted by Gasteiger charge is 2.26. The van der Waals surface area contributed by atoms with Gasteiger partial charge in [-0.2, -0.15) is 16.1 Å². The summed E-state index contributed by atoms with van der Waals surface area (Å²) in [5, 5.41) is 3.26. The quantitative estimate of drug-likeness (QED) is 0.768. The van der Waals surface area contributed by atoms with E-state index in [1.54, 1.807) is 31.1 Å². The van der Waals surface area contributed by atoms with Crippen molar-refractivity contribution in [2.45, 2.75) is 44.3 Å². The third-order valence-corrected chi connectivity index (χ3v) is 5.89. The monoisotopic (exact) mass is 319 g/mol. The molecule has 0 aromatic carbocycles. The van der Waals surface area contributed by atoms with Crippen LogP contribution in [-0.2, 0) is 16.6 Å². The van der Waals surface area contributed by atoms with Crippen LogP contribution in [0, 0.1) is 0 Å². The van der Waals surface area contributed by atoms with E-state index in [0.717, 1.165) is 11.4 Å². The third kappa shape index (κ3) is 4.51. The molecule has 0 aliphatic rings. The maximum atomic E-state index is 12.5. The molecule has 0 amide bonds. The lowest BCUT2D eigenvalue weighted by molar-refractivity contribution is 0.415. The molecule has 1 unspecified atom stereocenters. The second-order valence-corrected chi connectivity index (χ2v) is 8.13. The first-order valence-electron chi connectivity index (χ1n) is 6.66. The van der Waals surface area contributed by atoms with Crippen molar-refractivity contribution >= 4 is 21.8 Å². The minimum Gasteiger partial charge on any atom is -0.363 e. The van der Waals surface area contributed by atoms with Gasteiger partial charge in [-0.3, -0.25) is 0 Å². The number of hydrogen-bond acceptors (Lipinski definition) is 4. The molecule has 1 aromatic heterocycles. The van der Waals surface area contributed by atoms with Gasteiger partial charge in [-0.1, -0.05) is 13.8 Å². The van der Waals surface area contributed by atoms with E-state index >= 15 is 0 Å². The Hall–Kier alpha value is -0.500. The van der Waals surface area contributed by atoms with Crippen molar-refractivity contribution in [2.24, 2.45) is 0 Å². The van der Waals surface area contributed by atoms with Crippen LogP contribution in [0.3, 0.4) is 0 Å². The highest BCUT2D eigenvalue weighted by atomic mass is 32.2. The number of nitrogens with one attached hydrogen (secondary N) is 2. The summed E-state index contributed by atoms with van der Waals surface area (Å²) in [5.74, 6) is 0.780. The van der Waals surface area contributed by atoms with Gasteiger partial charge in [0.1, 0.15) is 0 Å². The number of rotatable bonds is 8. The molecule has 0 radical (unpaired) electrons. The number of sulfonamides is 1. The van der Waals surface area contributed by atoms with Crippen molar-refractivity contribution < 1.29 is 8.42 Å². The average Bonchev–Trinajstić information content (AvgIpc) is 2.85. The number of hydrogen-bond donors (Lipinski definition) is 2. The van der Waals surface area contributed by atoms with Crippen molar-refractivity contribution in [3.63, 3.8) is 0 Å². The normalized spacial score (nSPS) is 14.2. The Bertz CT molecular complexity index is 511. The van der Waals surface area contributed by atoms with Gasteiger partial charge in [0.15, 0.2) is 0 Å². The van der Waals surface area contributed by atoms with E-state index in [1.165, 1.54) is 4.31 Å². The molecule has 116 valence electrons. The first-order valence-corrected chi connectivity index (χ1v) is 9.50. The Morgan fingerprint density at radius 2 is 2.05 bits per heavy atom. The van der Waals surface area contributed by atoms with Gasteiger partial charge in [0.25, 0.3) is 0 Å². The van der Waals surface area contributed by atoms with E-state index in [0.29, 0.717) is 17.5 Å². The first kappa shape index (κ1) is 17.6. The molecule has 2 N–H and O–H groups in total. The third-order valence-electron chi connectivity index (χ3n) is 3.12. The minimum atomic E-state index is -3.42. The fourth-order valence-corrected chi connectivity index (χ4v) is 3.91. The summed E-state index contributed by atoms with van der Waals surface area (Å²) in [6.07, 6.45) is 3.54. The molecule has 0 spiro atoms. The predicted molar refractivity (Wildman–Crippen MR) is 85.6 cm³/mol. The second kappa shape index (κ2) is 7.49. The van der Waals surface area contributed by atoms with Gasteiger partial charge < -0.3 is 10.3 Å². The van der Waals surface area contributed by atoms with E-state index in [2.05, 4.69) is 24.1 Å². The lowest BCUT2D eigenvalue weighted by Crippen LogP contribution is -2.36. The van der Waals surface area contributed by atoms with Crippen LogP contribution < -0.4 is 5.32 Å². The number of aromatic nitrogens is 1. The summed E-state index contributed by atoms with van der Waals surface area (Å²) in [6.45, 7) is 6.66. The van der Waals surface area contributed by atoms with E-state index < -0.39 is 10.0 Å². The first-order chi connectivity index (χ1) is 9.28. The zero-order valence-corrected chi connectivity index (χ0v) is 14.4. The molecule has 1 atom stereocenters. The van der Waals surface area contributed by atoms with E-state index in [-0.39, 0.29) is 6.04 Å². The fourth-order valence-electron chi connectivity index (χ4n) is 1.73. The maximum Gasteiger partial charge on any atom is 0.244 e. The zero-order valence-electron chi connectivity index (χ0n) is 12.8. The van der Waals surface area contributed by atoms with E-state index in [4.69, 9.17) is 0 Å². The summed E-state index contributed by atoms with van der Waals surface area (Å²) in [4.78, 5) is 3.35. The summed E-state index contributed by atoms with van der Waals surface area (Å²) in [6, 6.07) is 2.04. The molecule has 0 aliphatic heterocycles. The molecular formula is C13H25N3O2S2. The number of nitrogens with zero attached hydrogens (tertiary/aromatic N) is 1. The molecule has 0 aliphatic carbocycles. The summed E-state index contributed by atoms with van der Waals surface area (Å²) >= 11 is 1.64. The Balaban J connectivity index is 2.82. The molecule has 0 fully saturated rings. The van der Waals surface area contributed by atoms with Crippen LogP contribution in [-0.4, -0.2) is 48.8 Å². The molecule has 0 saturated heterocycles. The van der Waals surface area contributed by atoms with Crippen molar-refractivity contribution in [3.8, 4) is 0 Å². The molecule has 7 heteroatoms. The molecule has 1 heterocycles. The Morgan fingerprint density at radius 3 is 2.60 bits per heavy atom. The Morgan fingerprint density at radius 1 is 1.40 bits per heavy atom. The van der Waals surface area contributed by atoms with Crippen LogP contribution in [0.25, 0.3) is 0 Å². The van der Waals surface area contributed by atoms with Crippen LogP contribution in [0.15, 0.2) is 17.2 Å². The Labute approximate surface area is 126 Å². The molecule has 0 saturated carbocycles. The average molecular weight is 319 g/mol. The topological polar surface area (TPSA) is 65.2 Å². The van der Waals surface area contributed by atoms with Crippen molar-refractivity contribution in [1.82, 2.24) is 14.6 Å². The molecule has 5 nitrogen and oxygen atoms in total. The van der Waals surface area contributed by atoms with Gasteiger partial charge in [0.2, 0.25) is 10.0 Å². The van der Waals surface area contributed by atoms with Crippen LogP contribution in [0.4, 0.5) is 0 Å². The molecule has 0 bridgehead atoms. The highest BCUT2D eigenvalue weighted by Crippen LogP contribution is 2.19. The van der Waals surface area contributed by atoms with Gasteiger partial charge in [-0.05, 0) is 19.2 Å². The summed E-state index contributed by atoms with van der Waals surface area (Å²) in [5.41, 5.74) is 0.878. The maximum absolute atomic E-state index is 12.5. The molecular weight excluding hydrogens is 294 g/mol. The molecule has 1 rings (SSSR count). The van der Waals surface area contributed by atoms with Crippen LogP contribution in [0.1, 0.15) is 26.5 Å². The SMILES string of the molecule is CSCC(C)N(C)S(=O)(=O)c1c[nH]c(CNC(C)C)c1. The summed E-state index contributed by atoms with van der Waals surface area (Å²) < 4.78 is 26.4. The fraction of sp³-hybridized carbons (Fsp3) is 0.692. The number of aromatic amines is 1. The van der Waals surface area contributed by atoms with Crippen molar-refractivity contribution in [2.75, 3.05) is 19.1 Å². The largest absolute Gasteiger partial charge is 0.363 e. The summed E-state index contributed by atoms with van der Waals surface area (Å²) in [7, 11) is -1.78. The second-order valence-electron chi connectivity index (χ2n) is 5.22. The smallest absolute Gasteiger partial charge is 0.244 e. The van der Waals surface area contributed by atoms with E-state index in [9.17, 15) is 8.42 Å². The van der Waals surface area contributed by atoms with Crippen LogP contribution >= 0.6 is 11.8 Å². The Kier molecular flexibility index (Phi) is 6.57. The zero-order chi connectivity index (χ0) is 15.3. The van der Waals surface area contributed by atoms with Gasteiger partial charge in [-0.15, -0.1) is 0 Å². The van der Waals surface area contributed by atoms with Gasteiger partial charge >= 0.3 is 0 Å². The highest BCUT2D eigenvalue weighted by molar-refractivity contribution is 7.98. The number of H-pyrrole nitrogens is 1.